The van der Waals surface area contributed by atoms with Gasteiger partial charge in [-0.05, 0) is 56.7 Å². The minimum absolute atomic E-state index is 0.618. The molecule has 1 aliphatic carbocycles. The van der Waals surface area contributed by atoms with Crippen LogP contribution in [0.25, 0.3) is 0 Å². The summed E-state index contributed by atoms with van der Waals surface area (Å²) in [6.45, 7) is 7.19. The van der Waals surface area contributed by atoms with Crippen LogP contribution >= 0.6 is 0 Å². The maximum absolute atomic E-state index is 5.69. The highest BCUT2D eigenvalue weighted by Gasteiger charge is 2.21. The molecule has 0 amide bonds. The molecule has 0 aromatic heterocycles. The van der Waals surface area contributed by atoms with Gasteiger partial charge in [0.2, 0.25) is 0 Å². The summed E-state index contributed by atoms with van der Waals surface area (Å²) in [6.07, 6.45) is 3.90. The smallest absolute Gasteiger partial charge is 0.142 e. The van der Waals surface area contributed by atoms with Crippen LogP contribution in [0.3, 0.4) is 0 Å². The quantitative estimate of drug-likeness (QED) is 0.849. The first-order valence-corrected chi connectivity index (χ1v) is 6.69. The Labute approximate surface area is 104 Å². The standard InChI is InChI=1S/C15H23NO/c1-4-17-15-10-12(3)6-8-14(15)16-13-7-5-11(2)9-13/h6,8,10-11,13,16H,4-5,7,9H2,1-3H3. The van der Waals surface area contributed by atoms with Crippen molar-refractivity contribution in [3.8, 4) is 5.75 Å². The Morgan fingerprint density at radius 3 is 2.82 bits per heavy atom. The van der Waals surface area contributed by atoms with Crippen LogP contribution in [0, 0.1) is 12.8 Å². The van der Waals surface area contributed by atoms with Gasteiger partial charge in [-0.15, -0.1) is 0 Å². The van der Waals surface area contributed by atoms with Crippen LogP contribution in [-0.2, 0) is 0 Å². The largest absolute Gasteiger partial charge is 0.492 e. The predicted molar refractivity (Wildman–Crippen MR) is 72.8 cm³/mol. The van der Waals surface area contributed by atoms with Crippen LogP contribution in [0.15, 0.2) is 18.2 Å². The first-order chi connectivity index (χ1) is 8.19. The number of ether oxygens (including phenoxy) is 1. The number of benzene rings is 1. The summed E-state index contributed by atoms with van der Waals surface area (Å²) in [6, 6.07) is 7.02. The highest BCUT2D eigenvalue weighted by Crippen LogP contribution is 2.32. The van der Waals surface area contributed by atoms with E-state index in [1.165, 1.54) is 24.8 Å². The number of anilines is 1. The number of nitrogens with one attached hydrogen (secondary N) is 1. The van der Waals surface area contributed by atoms with E-state index < -0.39 is 0 Å². The van der Waals surface area contributed by atoms with E-state index >= 15 is 0 Å². The molecule has 1 fully saturated rings. The normalized spacial score (nSPS) is 23.7. The van der Waals surface area contributed by atoms with Gasteiger partial charge in [0.1, 0.15) is 5.75 Å². The summed E-state index contributed by atoms with van der Waals surface area (Å²) in [4.78, 5) is 0. The van der Waals surface area contributed by atoms with Gasteiger partial charge in [0, 0.05) is 6.04 Å². The molecule has 1 saturated carbocycles. The number of aryl methyl sites for hydroxylation is 1. The molecule has 1 N–H and O–H groups in total. The number of hydrogen-bond acceptors (Lipinski definition) is 2. The molecule has 2 unspecified atom stereocenters. The Balaban J connectivity index is 2.08. The van der Waals surface area contributed by atoms with Crippen molar-refractivity contribution in [3.63, 3.8) is 0 Å². The van der Waals surface area contributed by atoms with Crippen molar-refractivity contribution in [2.45, 2.75) is 46.1 Å². The first kappa shape index (κ1) is 12.3. The Kier molecular flexibility index (Phi) is 3.93. The molecule has 0 radical (unpaired) electrons. The summed E-state index contributed by atoms with van der Waals surface area (Å²) in [5, 5.41) is 3.63. The van der Waals surface area contributed by atoms with Gasteiger partial charge >= 0.3 is 0 Å². The monoisotopic (exact) mass is 233 g/mol. The molecule has 2 heteroatoms. The van der Waals surface area contributed by atoms with Gasteiger partial charge in [-0.3, -0.25) is 0 Å². The van der Waals surface area contributed by atoms with Gasteiger partial charge in [0.15, 0.2) is 0 Å². The zero-order valence-electron chi connectivity index (χ0n) is 11.1. The van der Waals surface area contributed by atoms with Crippen molar-refractivity contribution in [2.75, 3.05) is 11.9 Å². The molecular weight excluding hydrogens is 210 g/mol. The molecule has 0 bridgehead atoms. The van der Waals surface area contributed by atoms with Gasteiger partial charge < -0.3 is 10.1 Å². The molecule has 0 spiro atoms. The van der Waals surface area contributed by atoms with Crippen LogP contribution in [0.4, 0.5) is 5.69 Å². The van der Waals surface area contributed by atoms with Crippen molar-refractivity contribution in [1.82, 2.24) is 0 Å². The second-order valence-corrected chi connectivity index (χ2v) is 5.19. The zero-order chi connectivity index (χ0) is 12.3. The van der Waals surface area contributed by atoms with Crippen LogP contribution in [0.2, 0.25) is 0 Å². The van der Waals surface area contributed by atoms with Gasteiger partial charge in [-0.1, -0.05) is 13.0 Å². The van der Waals surface area contributed by atoms with Gasteiger partial charge in [0.25, 0.3) is 0 Å². The SMILES string of the molecule is CCOc1cc(C)ccc1NC1CCC(C)C1. The lowest BCUT2D eigenvalue weighted by molar-refractivity contribution is 0.341. The Morgan fingerprint density at radius 1 is 1.35 bits per heavy atom. The fourth-order valence-electron chi connectivity index (χ4n) is 2.58. The molecule has 0 aliphatic heterocycles. The minimum Gasteiger partial charge on any atom is -0.492 e. The lowest BCUT2D eigenvalue weighted by Crippen LogP contribution is -2.16. The van der Waals surface area contributed by atoms with E-state index in [0.29, 0.717) is 6.04 Å². The lowest BCUT2D eigenvalue weighted by Gasteiger charge is -2.18. The minimum atomic E-state index is 0.618. The van der Waals surface area contributed by atoms with E-state index in [9.17, 15) is 0 Å². The highest BCUT2D eigenvalue weighted by molar-refractivity contribution is 5.58. The van der Waals surface area contributed by atoms with E-state index in [0.717, 1.165) is 24.0 Å². The third kappa shape index (κ3) is 3.15. The van der Waals surface area contributed by atoms with Crippen molar-refractivity contribution in [3.05, 3.63) is 23.8 Å². The Bertz CT molecular complexity index is 375. The summed E-state index contributed by atoms with van der Waals surface area (Å²) in [7, 11) is 0. The van der Waals surface area contributed by atoms with E-state index in [2.05, 4.69) is 37.4 Å². The van der Waals surface area contributed by atoms with Gasteiger partial charge in [-0.2, -0.15) is 0 Å². The molecule has 1 aromatic carbocycles. The molecule has 0 heterocycles. The molecule has 2 rings (SSSR count). The van der Waals surface area contributed by atoms with E-state index in [-0.39, 0.29) is 0 Å². The lowest BCUT2D eigenvalue weighted by atomic mass is 10.1. The fourth-order valence-corrected chi connectivity index (χ4v) is 2.58. The molecule has 0 saturated heterocycles. The van der Waals surface area contributed by atoms with Crippen molar-refractivity contribution in [2.24, 2.45) is 5.92 Å². The Hall–Kier alpha value is -1.18. The second-order valence-electron chi connectivity index (χ2n) is 5.19. The third-order valence-electron chi connectivity index (χ3n) is 3.49. The van der Waals surface area contributed by atoms with Gasteiger partial charge in [-0.25, -0.2) is 0 Å². The van der Waals surface area contributed by atoms with Crippen molar-refractivity contribution >= 4 is 5.69 Å². The maximum atomic E-state index is 5.69. The maximum Gasteiger partial charge on any atom is 0.142 e. The van der Waals surface area contributed by atoms with E-state index in [1.54, 1.807) is 0 Å². The average molecular weight is 233 g/mol. The summed E-state index contributed by atoms with van der Waals surface area (Å²) in [5.74, 6) is 1.85. The molecule has 17 heavy (non-hydrogen) atoms. The zero-order valence-corrected chi connectivity index (χ0v) is 11.1. The van der Waals surface area contributed by atoms with Crippen LogP contribution in [0.5, 0.6) is 5.75 Å². The molecular formula is C15H23NO. The van der Waals surface area contributed by atoms with Crippen LogP contribution < -0.4 is 10.1 Å². The van der Waals surface area contributed by atoms with Crippen LogP contribution in [0.1, 0.15) is 38.7 Å². The summed E-state index contributed by atoms with van der Waals surface area (Å²) >= 11 is 0. The molecule has 1 aromatic rings. The third-order valence-corrected chi connectivity index (χ3v) is 3.49. The molecule has 2 atom stereocenters. The molecule has 2 nitrogen and oxygen atoms in total. The van der Waals surface area contributed by atoms with Crippen LogP contribution in [-0.4, -0.2) is 12.6 Å². The summed E-state index contributed by atoms with van der Waals surface area (Å²) < 4.78 is 5.69. The van der Waals surface area contributed by atoms with E-state index in [4.69, 9.17) is 4.74 Å². The predicted octanol–water partition coefficient (Wildman–Crippen LogP) is 3.99. The number of hydrogen-bond donors (Lipinski definition) is 1. The highest BCUT2D eigenvalue weighted by atomic mass is 16.5. The summed E-state index contributed by atoms with van der Waals surface area (Å²) in [5.41, 5.74) is 2.40. The van der Waals surface area contributed by atoms with E-state index in [1.807, 2.05) is 6.92 Å². The molecule has 1 aliphatic rings. The van der Waals surface area contributed by atoms with Crippen molar-refractivity contribution in [1.29, 1.82) is 0 Å². The first-order valence-electron chi connectivity index (χ1n) is 6.69. The van der Waals surface area contributed by atoms with Gasteiger partial charge in [0.05, 0.1) is 12.3 Å². The fraction of sp³-hybridized carbons (Fsp3) is 0.600. The van der Waals surface area contributed by atoms with Crippen molar-refractivity contribution < 1.29 is 4.74 Å². The topological polar surface area (TPSA) is 21.3 Å². The molecule has 94 valence electrons. The second kappa shape index (κ2) is 5.44. The number of rotatable bonds is 4. The average Bonchev–Trinajstić information content (AvgIpc) is 2.69. The Morgan fingerprint density at radius 2 is 2.18 bits per heavy atom.